The summed E-state index contributed by atoms with van der Waals surface area (Å²) in [7, 11) is 0. The van der Waals surface area contributed by atoms with Crippen LogP contribution in [0.2, 0.25) is 0 Å². The minimum Gasteiger partial charge on any atom is -0.481 e. The number of carbonyl (C=O) groups is 3. The summed E-state index contributed by atoms with van der Waals surface area (Å²) in [6.07, 6.45) is -0.461. The monoisotopic (exact) mass is 294 g/mol. The lowest BCUT2D eigenvalue weighted by atomic mass is 10.0. The molecule has 1 aliphatic rings. The Morgan fingerprint density at radius 1 is 1.48 bits per heavy atom. The summed E-state index contributed by atoms with van der Waals surface area (Å²) in [5.41, 5.74) is 0.710. The summed E-state index contributed by atoms with van der Waals surface area (Å²) in [5, 5.41) is 11.4. The fourth-order valence-electron chi connectivity index (χ4n) is 2.35. The number of hydrogen-bond acceptors (Lipinski definition) is 3. The minimum atomic E-state index is -1.16. The molecule has 2 rings (SSSR count). The van der Waals surface area contributed by atoms with E-state index in [1.165, 1.54) is 17.0 Å². The van der Waals surface area contributed by atoms with E-state index in [2.05, 4.69) is 5.32 Å². The number of amides is 2. The summed E-state index contributed by atoms with van der Waals surface area (Å²) >= 11 is 0. The molecule has 1 aromatic carbocycles. The largest absolute Gasteiger partial charge is 0.481 e. The predicted molar refractivity (Wildman–Crippen MR) is 71.2 cm³/mol. The second-order valence-electron chi connectivity index (χ2n) is 4.86. The van der Waals surface area contributed by atoms with Crippen LogP contribution >= 0.6 is 0 Å². The zero-order chi connectivity index (χ0) is 15.6. The molecule has 1 unspecified atom stereocenters. The Bertz CT molecular complexity index is 603. The summed E-state index contributed by atoms with van der Waals surface area (Å²) < 4.78 is 13.1. The first-order chi connectivity index (χ1) is 9.90. The number of benzene rings is 1. The topological polar surface area (TPSA) is 86.7 Å². The molecule has 1 heterocycles. The van der Waals surface area contributed by atoms with Gasteiger partial charge in [0.25, 0.3) is 5.91 Å². The number of rotatable bonds is 3. The van der Waals surface area contributed by atoms with E-state index in [4.69, 9.17) is 5.11 Å². The molecule has 0 aromatic heterocycles. The number of aliphatic carboxylic acids is 1. The summed E-state index contributed by atoms with van der Waals surface area (Å²) in [5.74, 6) is -2.57. The van der Waals surface area contributed by atoms with E-state index in [1.807, 2.05) is 0 Å². The van der Waals surface area contributed by atoms with Gasteiger partial charge in [-0.3, -0.25) is 14.4 Å². The Balaban J connectivity index is 2.30. The first-order valence-electron chi connectivity index (χ1n) is 6.47. The summed E-state index contributed by atoms with van der Waals surface area (Å²) in [6, 6.07) is 2.69. The molecule has 1 aromatic rings. The van der Waals surface area contributed by atoms with Crippen LogP contribution in [-0.2, 0) is 9.59 Å². The number of halogens is 1. The van der Waals surface area contributed by atoms with Gasteiger partial charge >= 0.3 is 5.97 Å². The lowest BCUT2D eigenvalue weighted by molar-refractivity contribution is -0.142. The highest BCUT2D eigenvalue weighted by molar-refractivity contribution is 6.00. The highest BCUT2D eigenvalue weighted by Gasteiger charge is 2.35. The first kappa shape index (κ1) is 15.0. The Kier molecular flexibility index (Phi) is 4.21. The van der Waals surface area contributed by atoms with E-state index in [-0.39, 0.29) is 18.7 Å². The zero-order valence-electron chi connectivity index (χ0n) is 11.4. The van der Waals surface area contributed by atoms with Gasteiger partial charge in [0.2, 0.25) is 5.91 Å². The fourth-order valence-corrected chi connectivity index (χ4v) is 2.35. The van der Waals surface area contributed by atoms with Gasteiger partial charge in [-0.2, -0.15) is 0 Å². The Hall–Kier alpha value is -2.44. The van der Waals surface area contributed by atoms with Crippen LogP contribution in [0.15, 0.2) is 18.2 Å². The number of piperazine rings is 1. The van der Waals surface area contributed by atoms with Gasteiger partial charge in [-0.05, 0) is 30.7 Å². The molecule has 0 bridgehead atoms. The highest BCUT2D eigenvalue weighted by Crippen LogP contribution is 2.17. The Labute approximate surface area is 120 Å². The molecule has 2 amide bonds. The molecule has 21 heavy (non-hydrogen) atoms. The van der Waals surface area contributed by atoms with E-state index < -0.39 is 36.1 Å². The fraction of sp³-hybridized carbons (Fsp3) is 0.357. The lowest BCUT2D eigenvalue weighted by Crippen LogP contribution is -2.57. The standard InChI is InChI=1S/C14H15FN2O4/c1-8-6-9(15)2-3-10(8)14(21)17-5-4-16-13(20)11(17)7-12(18)19/h2-3,6,11H,4-5,7H2,1H3,(H,16,20)(H,18,19). The predicted octanol–water partition coefficient (Wildman–Crippen LogP) is 0.549. The molecule has 6 nitrogen and oxygen atoms in total. The summed E-state index contributed by atoms with van der Waals surface area (Å²) in [6.45, 7) is 2.08. The average Bonchev–Trinajstić information content (AvgIpc) is 2.40. The van der Waals surface area contributed by atoms with Crippen molar-refractivity contribution in [3.63, 3.8) is 0 Å². The number of nitrogens with zero attached hydrogens (tertiary/aromatic N) is 1. The second kappa shape index (κ2) is 5.90. The van der Waals surface area contributed by atoms with Crippen molar-refractivity contribution in [2.24, 2.45) is 0 Å². The van der Waals surface area contributed by atoms with Gasteiger partial charge < -0.3 is 15.3 Å². The maximum Gasteiger partial charge on any atom is 0.305 e. The molecule has 7 heteroatoms. The smallest absolute Gasteiger partial charge is 0.305 e. The van der Waals surface area contributed by atoms with Crippen molar-refractivity contribution in [2.45, 2.75) is 19.4 Å². The molecule has 112 valence electrons. The van der Waals surface area contributed by atoms with Gasteiger partial charge in [-0.1, -0.05) is 0 Å². The van der Waals surface area contributed by atoms with Gasteiger partial charge in [-0.25, -0.2) is 4.39 Å². The highest BCUT2D eigenvalue weighted by atomic mass is 19.1. The molecule has 1 fully saturated rings. The maximum atomic E-state index is 13.1. The van der Waals surface area contributed by atoms with Gasteiger partial charge in [-0.15, -0.1) is 0 Å². The number of hydrogen-bond donors (Lipinski definition) is 2. The number of carbonyl (C=O) groups excluding carboxylic acids is 2. The van der Waals surface area contributed by atoms with Crippen LogP contribution < -0.4 is 5.32 Å². The number of nitrogens with one attached hydrogen (secondary N) is 1. The van der Waals surface area contributed by atoms with Crippen molar-refractivity contribution in [1.29, 1.82) is 0 Å². The van der Waals surface area contributed by atoms with Gasteiger partial charge in [0, 0.05) is 18.7 Å². The van der Waals surface area contributed by atoms with Gasteiger partial charge in [0.1, 0.15) is 11.9 Å². The number of aryl methyl sites for hydroxylation is 1. The van der Waals surface area contributed by atoms with Crippen LogP contribution in [0, 0.1) is 12.7 Å². The maximum absolute atomic E-state index is 13.1. The lowest BCUT2D eigenvalue weighted by Gasteiger charge is -2.34. The molecule has 1 atom stereocenters. The van der Waals surface area contributed by atoms with Crippen molar-refractivity contribution < 1.29 is 23.9 Å². The molecule has 0 aliphatic carbocycles. The van der Waals surface area contributed by atoms with Crippen molar-refractivity contribution in [1.82, 2.24) is 10.2 Å². The SMILES string of the molecule is Cc1cc(F)ccc1C(=O)N1CCNC(=O)C1CC(=O)O. The van der Waals surface area contributed by atoms with E-state index in [1.54, 1.807) is 6.92 Å². The molecule has 2 N–H and O–H groups in total. The molecular formula is C14H15FN2O4. The van der Waals surface area contributed by atoms with Crippen molar-refractivity contribution in [3.8, 4) is 0 Å². The van der Waals surface area contributed by atoms with Crippen LogP contribution in [0.5, 0.6) is 0 Å². The zero-order valence-corrected chi connectivity index (χ0v) is 11.4. The van der Waals surface area contributed by atoms with Crippen molar-refractivity contribution >= 4 is 17.8 Å². The number of carboxylic acids is 1. The van der Waals surface area contributed by atoms with E-state index >= 15 is 0 Å². The minimum absolute atomic E-state index is 0.222. The molecule has 0 saturated carbocycles. The quantitative estimate of drug-likeness (QED) is 0.852. The Morgan fingerprint density at radius 2 is 2.19 bits per heavy atom. The van der Waals surface area contributed by atoms with Crippen LogP contribution in [0.25, 0.3) is 0 Å². The normalized spacial score (nSPS) is 18.3. The third-order valence-electron chi connectivity index (χ3n) is 3.38. The number of carboxylic acid groups (broad SMARTS) is 1. The third kappa shape index (κ3) is 3.18. The molecule has 1 aliphatic heterocycles. The van der Waals surface area contributed by atoms with Crippen molar-refractivity contribution in [2.75, 3.05) is 13.1 Å². The van der Waals surface area contributed by atoms with Crippen molar-refractivity contribution in [3.05, 3.63) is 35.1 Å². The molecule has 1 saturated heterocycles. The molecule has 0 radical (unpaired) electrons. The van der Waals surface area contributed by atoms with Gasteiger partial charge in [0.15, 0.2) is 0 Å². The molecular weight excluding hydrogens is 279 g/mol. The van der Waals surface area contributed by atoms with Crippen LogP contribution in [-0.4, -0.2) is 46.9 Å². The van der Waals surface area contributed by atoms with E-state index in [0.29, 0.717) is 5.56 Å². The summed E-state index contributed by atoms with van der Waals surface area (Å²) in [4.78, 5) is 36.4. The van der Waals surface area contributed by atoms with Crippen LogP contribution in [0.1, 0.15) is 22.3 Å². The molecule has 0 spiro atoms. The van der Waals surface area contributed by atoms with Crippen LogP contribution in [0.3, 0.4) is 0 Å². The first-order valence-corrected chi connectivity index (χ1v) is 6.47. The second-order valence-corrected chi connectivity index (χ2v) is 4.86. The Morgan fingerprint density at radius 3 is 2.81 bits per heavy atom. The van der Waals surface area contributed by atoms with Gasteiger partial charge in [0.05, 0.1) is 6.42 Å². The van der Waals surface area contributed by atoms with E-state index in [0.717, 1.165) is 6.07 Å². The van der Waals surface area contributed by atoms with E-state index in [9.17, 15) is 18.8 Å². The average molecular weight is 294 g/mol. The van der Waals surface area contributed by atoms with Crippen LogP contribution in [0.4, 0.5) is 4.39 Å². The third-order valence-corrected chi connectivity index (χ3v) is 3.38.